The van der Waals surface area contributed by atoms with Crippen molar-refractivity contribution in [3.05, 3.63) is 29.8 Å². The molecule has 0 aromatic heterocycles. The average Bonchev–Trinajstić information content (AvgIpc) is 3.10. The number of aliphatic hydroxyl groups is 1. The Morgan fingerprint density at radius 3 is 2.43 bits per heavy atom. The van der Waals surface area contributed by atoms with Crippen LogP contribution in [0.15, 0.2) is 24.3 Å². The Balaban J connectivity index is 1.64. The zero-order chi connectivity index (χ0) is 16.2. The molecule has 5 heteroatoms. The first kappa shape index (κ1) is 16.3. The SMILES string of the molecule is CCN1CCN(c2ccc(C(=O)N3CCC[C@@H]3CO)cc2)CC1. The van der Waals surface area contributed by atoms with Crippen molar-refractivity contribution in [3.63, 3.8) is 0 Å². The fourth-order valence-electron chi connectivity index (χ4n) is 3.60. The molecule has 1 aromatic carbocycles. The van der Waals surface area contributed by atoms with Crippen LogP contribution < -0.4 is 4.90 Å². The van der Waals surface area contributed by atoms with Crippen molar-refractivity contribution < 1.29 is 9.90 Å². The lowest BCUT2D eigenvalue weighted by molar-refractivity contribution is 0.0677. The van der Waals surface area contributed by atoms with Crippen LogP contribution in [0.1, 0.15) is 30.1 Å². The van der Waals surface area contributed by atoms with Crippen LogP contribution in [-0.2, 0) is 0 Å². The van der Waals surface area contributed by atoms with Gasteiger partial charge in [-0.05, 0) is 43.7 Å². The molecule has 2 saturated heterocycles. The Hall–Kier alpha value is -1.59. The molecule has 126 valence electrons. The molecule has 3 rings (SSSR count). The van der Waals surface area contributed by atoms with Gasteiger partial charge < -0.3 is 19.8 Å². The summed E-state index contributed by atoms with van der Waals surface area (Å²) in [6.45, 7) is 8.42. The van der Waals surface area contributed by atoms with E-state index >= 15 is 0 Å². The van der Waals surface area contributed by atoms with Crippen LogP contribution in [0.2, 0.25) is 0 Å². The van der Waals surface area contributed by atoms with Crippen LogP contribution in [0.5, 0.6) is 0 Å². The van der Waals surface area contributed by atoms with Gasteiger partial charge in [-0.3, -0.25) is 4.79 Å². The third-order valence-corrected chi connectivity index (χ3v) is 5.15. The average molecular weight is 317 g/mol. The van der Waals surface area contributed by atoms with E-state index in [1.165, 1.54) is 5.69 Å². The zero-order valence-electron chi connectivity index (χ0n) is 13.9. The predicted octanol–water partition coefficient (Wildman–Crippen LogP) is 1.43. The number of piperazine rings is 1. The van der Waals surface area contributed by atoms with Gasteiger partial charge in [0.15, 0.2) is 0 Å². The minimum atomic E-state index is -0.00991. The van der Waals surface area contributed by atoms with Crippen molar-refractivity contribution in [1.82, 2.24) is 9.80 Å². The Kier molecular flexibility index (Phi) is 5.18. The third kappa shape index (κ3) is 3.51. The summed E-state index contributed by atoms with van der Waals surface area (Å²) in [7, 11) is 0. The molecule has 0 unspecified atom stereocenters. The van der Waals surface area contributed by atoms with Crippen LogP contribution in [0, 0.1) is 0 Å². The molecule has 0 radical (unpaired) electrons. The molecule has 2 aliphatic rings. The third-order valence-electron chi connectivity index (χ3n) is 5.15. The summed E-state index contributed by atoms with van der Waals surface area (Å²) in [6.07, 6.45) is 1.89. The van der Waals surface area contributed by atoms with E-state index < -0.39 is 0 Å². The first-order chi connectivity index (χ1) is 11.2. The number of likely N-dealkylation sites (tertiary alicyclic amines) is 1. The van der Waals surface area contributed by atoms with Crippen molar-refractivity contribution in [2.24, 2.45) is 0 Å². The summed E-state index contributed by atoms with van der Waals surface area (Å²) in [4.78, 5) is 19.2. The van der Waals surface area contributed by atoms with Gasteiger partial charge >= 0.3 is 0 Å². The minimum absolute atomic E-state index is 0.00991. The Labute approximate surface area is 138 Å². The fourth-order valence-corrected chi connectivity index (χ4v) is 3.60. The number of hydrogen-bond donors (Lipinski definition) is 1. The monoisotopic (exact) mass is 317 g/mol. The molecular formula is C18H27N3O2. The summed E-state index contributed by atoms with van der Waals surface area (Å²) in [5.74, 6) is 0.0453. The Morgan fingerprint density at radius 1 is 1.13 bits per heavy atom. The van der Waals surface area contributed by atoms with Crippen LogP contribution in [-0.4, -0.2) is 72.7 Å². The lowest BCUT2D eigenvalue weighted by atomic mass is 10.1. The van der Waals surface area contributed by atoms with Crippen molar-refractivity contribution in [2.45, 2.75) is 25.8 Å². The number of amides is 1. The summed E-state index contributed by atoms with van der Waals surface area (Å²) < 4.78 is 0. The molecule has 5 nitrogen and oxygen atoms in total. The number of carbonyl (C=O) groups excluding carboxylic acids is 1. The maximum absolute atomic E-state index is 12.6. The highest BCUT2D eigenvalue weighted by molar-refractivity contribution is 5.95. The summed E-state index contributed by atoms with van der Waals surface area (Å²) >= 11 is 0. The van der Waals surface area contributed by atoms with Gasteiger partial charge in [-0.1, -0.05) is 6.92 Å². The number of benzene rings is 1. The minimum Gasteiger partial charge on any atom is -0.394 e. The maximum Gasteiger partial charge on any atom is 0.254 e. The smallest absolute Gasteiger partial charge is 0.254 e. The quantitative estimate of drug-likeness (QED) is 0.912. The molecule has 0 bridgehead atoms. The highest BCUT2D eigenvalue weighted by atomic mass is 16.3. The van der Waals surface area contributed by atoms with Crippen molar-refractivity contribution in [1.29, 1.82) is 0 Å². The van der Waals surface area contributed by atoms with Gasteiger partial charge in [0.25, 0.3) is 5.91 Å². The zero-order valence-corrected chi connectivity index (χ0v) is 13.9. The van der Waals surface area contributed by atoms with Crippen molar-refractivity contribution >= 4 is 11.6 Å². The van der Waals surface area contributed by atoms with E-state index in [2.05, 4.69) is 28.9 Å². The molecule has 0 saturated carbocycles. The maximum atomic E-state index is 12.6. The number of hydrogen-bond acceptors (Lipinski definition) is 4. The molecule has 23 heavy (non-hydrogen) atoms. The molecule has 0 aliphatic carbocycles. The van der Waals surface area contributed by atoms with E-state index in [-0.39, 0.29) is 18.6 Å². The van der Waals surface area contributed by atoms with Crippen molar-refractivity contribution in [3.8, 4) is 0 Å². The van der Waals surface area contributed by atoms with E-state index in [9.17, 15) is 9.90 Å². The van der Waals surface area contributed by atoms with Gasteiger partial charge in [0.2, 0.25) is 0 Å². The highest BCUT2D eigenvalue weighted by Crippen LogP contribution is 2.22. The van der Waals surface area contributed by atoms with E-state index in [4.69, 9.17) is 0 Å². The molecule has 2 heterocycles. The molecule has 2 fully saturated rings. The second-order valence-corrected chi connectivity index (χ2v) is 6.45. The van der Waals surface area contributed by atoms with Crippen LogP contribution >= 0.6 is 0 Å². The number of carbonyl (C=O) groups is 1. The van der Waals surface area contributed by atoms with Crippen molar-refractivity contribution in [2.75, 3.05) is 50.8 Å². The van der Waals surface area contributed by atoms with E-state index in [1.54, 1.807) is 0 Å². The largest absolute Gasteiger partial charge is 0.394 e. The number of aliphatic hydroxyl groups excluding tert-OH is 1. The van der Waals surface area contributed by atoms with Gasteiger partial charge in [-0.25, -0.2) is 0 Å². The molecule has 0 spiro atoms. The summed E-state index contributed by atoms with van der Waals surface area (Å²) in [5.41, 5.74) is 1.92. The molecular weight excluding hydrogens is 290 g/mol. The predicted molar refractivity (Wildman–Crippen MR) is 91.9 cm³/mol. The second-order valence-electron chi connectivity index (χ2n) is 6.45. The van der Waals surface area contributed by atoms with E-state index in [0.29, 0.717) is 0 Å². The fraction of sp³-hybridized carbons (Fsp3) is 0.611. The lowest BCUT2D eigenvalue weighted by Gasteiger charge is -2.35. The van der Waals surface area contributed by atoms with E-state index in [0.717, 1.165) is 57.7 Å². The summed E-state index contributed by atoms with van der Waals surface area (Å²) in [5, 5.41) is 9.38. The standard InChI is InChI=1S/C18H27N3O2/c1-2-19-10-12-20(13-11-19)16-7-5-15(6-8-16)18(23)21-9-3-4-17(21)14-22/h5-8,17,22H,2-4,9-14H2,1H3/t17-/m1/s1. The number of anilines is 1. The number of likely N-dealkylation sites (N-methyl/N-ethyl adjacent to an activating group) is 1. The normalized spacial score (nSPS) is 22.6. The second kappa shape index (κ2) is 7.32. The molecule has 1 atom stereocenters. The van der Waals surface area contributed by atoms with Gasteiger partial charge in [-0.15, -0.1) is 0 Å². The van der Waals surface area contributed by atoms with Crippen LogP contribution in [0.25, 0.3) is 0 Å². The Morgan fingerprint density at radius 2 is 1.83 bits per heavy atom. The topological polar surface area (TPSA) is 47.0 Å². The molecule has 1 N–H and O–H groups in total. The first-order valence-corrected chi connectivity index (χ1v) is 8.72. The molecule has 2 aliphatic heterocycles. The number of nitrogens with zero attached hydrogens (tertiary/aromatic N) is 3. The number of rotatable bonds is 4. The van der Waals surface area contributed by atoms with Crippen LogP contribution in [0.3, 0.4) is 0 Å². The first-order valence-electron chi connectivity index (χ1n) is 8.72. The van der Waals surface area contributed by atoms with Gasteiger partial charge in [0.1, 0.15) is 0 Å². The van der Waals surface area contributed by atoms with Gasteiger partial charge in [0, 0.05) is 44.0 Å². The highest BCUT2D eigenvalue weighted by Gasteiger charge is 2.28. The molecule has 1 amide bonds. The Bertz CT molecular complexity index is 524. The summed E-state index contributed by atoms with van der Waals surface area (Å²) in [6, 6.07) is 7.95. The van der Waals surface area contributed by atoms with Gasteiger partial charge in [-0.2, -0.15) is 0 Å². The van der Waals surface area contributed by atoms with Gasteiger partial charge in [0.05, 0.1) is 12.6 Å². The lowest BCUT2D eigenvalue weighted by Crippen LogP contribution is -2.46. The van der Waals surface area contributed by atoms with E-state index in [1.807, 2.05) is 17.0 Å². The van der Waals surface area contributed by atoms with Crippen LogP contribution in [0.4, 0.5) is 5.69 Å². The molecule has 1 aromatic rings.